The van der Waals surface area contributed by atoms with Crippen LogP contribution in [-0.2, 0) is 9.59 Å². The molecule has 0 saturated carbocycles. The summed E-state index contributed by atoms with van der Waals surface area (Å²) in [7, 11) is 0. The van der Waals surface area contributed by atoms with Crippen LogP contribution in [0.5, 0.6) is 0 Å². The summed E-state index contributed by atoms with van der Waals surface area (Å²) in [4.78, 5) is 35.3. The molecule has 1 aliphatic rings. The summed E-state index contributed by atoms with van der Waals surface area (Å²) in [5.74, 6) is -0.496. The Bertz CT molecular complexity index is 371. The zero-order chi connectivity index (χ0) is 14.5. The maximum atomic E-state index is 11.9. The van der Waals surface area contributed by atoms with Crippen molar-refractivity contribution >= 4 is 29.7 Å². The van der Waals surface area contributed by atoms with E-state index in [0.29, 0.717) is 13.1 Å². The quantitative estimate of drug-likeness (QED) is 0.814. The fourth-order valence-electron chi connectivity index (χ4n) is 1.85. The minimum atomic E-state index is -0.936. The van der Waals surface area contributed by atoms with Crippen LogP contribution < -0.4 is 5.32 Å². The lowest BCUT2D eigenvalue weighted by Crippen LogP contribution is -2.51. The fraction of sp³-hybridized carbons (Fsp3) is 0.750. The molecule has 0 spiro atoms. The average Bonchev–Trinajstić information content (AvgIpc) is 2.26. The van der Waals surface area contributed by atoms with Gasteiger partial charge in [0.05, 0.1) is 0 Å². The number of nitrogens with zero attached hydrogens (tertiary/aromatic N) is 1. The van der Waals surface area contributed by atoms with E-state index in [0.717, 1.165) is 5.75 Å². The molecule has 1 heterocycles. The van der Waals surface area contributed by atoms with Crippen molar-refractivity contribution in [2.24, 2.45) is 0 Å². The maximum absolute atomic E-state index is 11.9. The second-order valence-corrected chi connectivity index (χ2v) is 6.93. The van der Waals surface area contributed by atoms with E-state index in [-0.39, 0.29) is 30.0 Å². The molecule has 0 aliphatic carbocycles. The van der Waals surface area contributed by atoms with E-state index < -0.39 is 11.9 Å². The van der Waals surface area contributed by atoms with Crippen LogP contribution >= 0.6 is 11.8 Å². The van der Waals surface area contributed by atoms with Crippen LogP contribution in [0.4, 0.5) is 4.79 Å². The van der Waals surface area contributed by atoms with Gasteiger partial charge in [-0.1, -0.05) is 0 Å². The molecule has 6 nitrogen and oxygen atoms in total. The third kappa shape index (κ3) is 5.96. The van der Waals surface area contributed by atoms with E-state index in [1.165, 1.54) is 0 Å². The van der Waals surface area contributed by atoms with E-state index in [9.17, 15) is 14.4 Å². The Morgan fingerprint density at radius 1 is 1.32 bits per heavy atom. The van der Waals surface area contributed by atoms with Crippen molar-refractivity contribution in [2.75, 3.05) is 18.8 Å². The number of hydrogen-bond donors (Lipinski definition) is 2. The molecule has 0 bridgehead atoms. The van der Waals surface area contributed by atoms with Gasteiger partial charge in [-0.05, 0) is 20.3 Å². The second kappa shape index (κ2) is 6.79. The SMILES string of the molecule is CC1(C)CN(C(=O)NC(=O)CCCC(=O)O)CCS1. The Hall–Kier alpha value is -1.24. The molecule has 0 aromatic heterocycles. The van der Waals surface area contributed by atoms with Gasteiger partial charge >= 0.3 is 12.0 Å². The molecule has 0 aromatic rings. The number of carboxylic acids is 1. The number of carbonyl (C=O) groups excluding carboxylic acids is 2. The summed E-state index contributed by atoms with van der Waals surface area (Å²) >= 11 is 1.81. The molecule has 1 rings (SSSR count). The van der Waals surface area contributed by atoms with Crippen molar-refractivity contribution in [2.45, 2.75) is 37.9 Å². The van der Waals surface area contributed by atoms with Crippen molar-refractivity contribution in [3.05, 3.63) is 0 Å². The van der Waals surface area contributed by atoms with Crippen molar-refractivity contribution in [1.29, 1.82) is 0 Å². The number of imide groups is 1. The maximum Gasteiger partial charge on any atom is 0.324 e. The number of hydrogen-bond acceptors (Lipinski definition) is 4. The average molecular weight is 288 g/mol. The molecule has 19 heavy (non-hydrogen) atoms. The molecule has 2 N–H and O–H groups in total. The summed E-state index contributed by atoms with van der Waals surface area (Å²) < 4.78 is 0.00193. The topological polar surface area (TPSA) is 86.7 Å². The first-order chi connectivity index (χ1) is 8.80. The predicted octanol–water partition coefficient (Wildman–Crippen LogP) is 1.30. The Kier molecular flexibility index (Phi) is 5.65. The molecular weight excluding hydrogens is 268 g/mol. The Labute approximate surface area is 116 Å². The summed E-state index contributed by atoms with van der Waals surface area (Å²) in [5, 5.41) is 10.8. The van der Waals surface area contributed by atoms with Gasteiger partial charge in [0, 0.05) is 36.4 Å². The minimum Gasteiger partial charge on any atom is -0.481 e. The van der Waals surface area contributed by atoms with E-state index in [1.54, 1.807) is 16.7 Å². The van der Waals surface area contributed by atoms with E-state index >= 15 is 0 Å². The lowest BCUT2D eigenvalue weighted by molar-refractivity contribution is -0.137. The van der Waals surface area contributed by atoms with Crippen LogP contribution in [0.3, 0.4) is 0 Å². The van der Waals surface area contributed by atoms with Gasteiger partial charge in [-0.2, -0.15) is 11.8 Å². The molecule has 7 heteroatoms. The normalized spacial score (nSPS) is 17.9. The third-order valence-electron chi connectivity index (χ3n) is 2.75. The highest BCUT2D eigenvalue weighted by molar-refractivity contribution is 8.00. The van der Waals surface area contributed by atoms with Gasteiger partial charge in [0.2, 0.25) is 5.91 Å². The molecule has 1 fully saturated rings. The van der Waals surface area contributed by atoms with Crippen LogP contribution in [-0.4, -0.2) is 51.5 Å². The highest BCUT2D eigenvalue weighted by Crippen LogP contribution is 2.29. The Morgan fingerprint density at radius 2 is 2.00 bits per heavy atom. The molecule has 0 atom stereocenters. The largest absolute Gasteiger partial charge is 0.481 e. The lowest BCUT2D eigenvalue weighted by atomic mass is 10.2. The number of urea groups is 1. The number of carbonyl (C=O) groups is 3. The Morgan fingerprint density at radius 3 is 2.58 bits per heavy atom. The molecule has 0 unspecified atom stereocenters. The molecule has 1 aliphatic heterocycles. The summed E-state index contributed by atoms with van der Waals surface area (Å²) in [6.45, 7) is 5.35. The number of amides is 3. The molecule has 1 saturated heterocycles. The first kappa shape index (κ1) is 15.8. The summed E-state index contributed by atoms with van der Waals surface area (Å²) in [5.41, 5.74) is 0. The van der Waals surface area contributed by atoms with Gasteiger partial charge in [-0.25, -0.2) is 4.79 Å². The van der Waals surface area contributed by atoms with E-state index in [1.807, 2.05) is 0 Å². The highest BCUT2D eigenvalue weighted by Gasteiger charge is 2.30. The van der Waals surface area contributed by atoms with Gasteiger partial charge < -0.3 is 10.0 Å². The van der Waals surface area contributed by atoms with Crippen molar-refractivity contribution < 1.29 is 19.5 Å². The van der Waals surface area contributed by atoms with Gasteiger partial charge in [0.25, 0.3) is 0 Å². The van der Waals surface area contributed by atoms with Crippen LogP contribution in [0.2, 0.25) is 0 Å². The molecule has 3 amide bonds. The summed E-state index contributed by atoms with van der Waals surface area (Å²) in [6.07, 6.45) is 0.245. The number of aliphatic carboxylic acids is 1. The van der Waals surface area contributed by atoms with Crippen LogP contribution in [0.1, 0.15) is 33.1 Å². The first-order valence-electron chi connectivity index (χ1n) is 6.25. The second-order valence-electron chi connectivity index (χ2n) is 5.13. The van der Waals surface area contributed by atoms with Gasteiger partial charge in [0.15, 0.2) is 0 Å². The van der Waals surface area contributed by atoms with Gasteiger partial charge in [-0.15, -0.1) is 0 Å². The predicted molar refractivity (Wildman–Crippen MR) is 73.1 cm³/mol. The van der Waals surface area contributed by atoms with E-state index in [4.69, 9.17) is 5.11 Å². The number of carboxylic acid groups (broad SMARTS) is 1. The van der Waals surface area contributed by atoms with Crippen molar-refractivity contribution in [1.82, 2.24) is 10.2 Å². The first-order valence-corrected chi connectivity index (χ1v) is 7.23. The number of rotatable bonds is 4. The monoisotopic (exact) mass is 288 g/mol. The fourth-order valence-corrected chi connectivity index (χ4v) is 2.96. The van der Waals surface area contributed by atoms with Crippen LogP contribution in [0, 0.1) is 0 Å². The lowest BCUT2D eigenvalue weighted by Gasteiger charge is -2.37. The smallest absolute Gasteiger partial charge is 0.324 e. The van der Waals surface area contributed by atoms with Crippen molar-refractivity contribution in [3.8, 4) is 0 Å². The zero-order valence-electron chi connectivity index (χ0n) is 11.3. The molecule has 0 aromatic carbocycles. The molecule has 0 radical (unpaired) electrons. The summed E-state index contributed by atoms with van der Waals surface area (Å²) in [6, 6.07) is -0.381. The van der Waals surface area contributed by atoms with Gasteiger partial charge in [0.1, 0.15) is 0 Å². The van der Waals surface area contributed by atoms with Crippen LogP contribution in [0.25, 0.3) is 0 Å². The molecular formula is C12H20N2O4S. The zero-order valence-corrected chi connectivity index (χ0v) is 12.1. The third-order valence-corrected chi connectivity index (χ3v) is 4.05. The van der Waals surface area contributed by atoms with Crippen molar-refractivity contribution in [3.63, 3.8) is 0 Å². The van der Waals surface area contributed by atoms with Crippen LogP contribution in [0.15, 0.2) is 0 Å². The van der Waals surface area contributed by atoms with E-state index in [2.05, 4.69) is 19.2 Å². The highest BCUT2D eigenvalue weighted by atomic mass is 32.2. The van der Waals surface area contributed by atoms with Gasteiger partial charge in [-0.3, -0.25) is 14.9 Å². The number of nitrogens with one attached hydrogen (secondary N) is 1. The minimum absolute atomic E-state index is 0.00193. The standard InChI is InChI=1S/C12H20N2O4S/c1-12(2)8-14(6-7-19-12)11(18)13-9(15)4-3-5-10(16)17/h3-8H2,1-2H3,(H,16,17)(H,13,15,18). The molecule has 108 valence electrons. The Balaban J connectivity index is 2.33. The number of thioether (sulfide) groups is 1.